The van der Waals surface area contributed by atoms with Gasteiger partial charge in [-0.1, -0.05) is 53.7 Å². The number of amides is 8. The number of nitrogens with two attached hydrogens (primary N) is 3. The molecule has 422 valence electrons. The highest BCUT2D eigenvalue weighted by molar-refractivity contribution is 7.80. The van der Waals surface area contributed by atoms with Crippen molar-refractivity contribution in [3.05, 3.63) is 48.0 Å². The SMILES string of the molecule is CC(C)C[C@H](NC(=O)[C@@H](NC(=O)[C@H](Cc1cnc[nH]1)NC(=O)[C@H](CCCN=C(N)N)NC(=O)[C@H](Cc1ccc(O)cc1)NC(=O)[C@H](C)NC(=O)[C@H](CCC(=O)O)NC(=O)[C@H](CS)NC(=O)[C@@H](N)C(C)C)C(C)C)C(=O)O. The Morgan fingerprint density at radius 3 is 1.67 bits per heavy atom. The fourth-order valence-electron chi connectivity index (χ4n) is 7.21. The van der Waals surface area contributed by atoms with E-state index < -0.39 is 132 Å². The van der Waals surface area contributed by atoms with Crippen molar-refractivity contribution >= 4 is 77.8 Å². The van der Waals surface area contributed by atoms with Gasteiger partial charge in [-0.15, -0.1) is 0 Å². The number of aromatic amines is 1. The molecule has 0 aliphatic carbocycles. The van der Waals surface area contributed by atoms with E-state index in [-0.39, 0.29) is 67.9 Å². The number of carbonyl (C=O) groups is 10. The van der Waals surface area contributed by atoms with Gasteiger partial charge in [0, 0.05) is 43.5 Å². The van der Waals surface area contributed by atoms with Crippen molar-refractivity contribution in [2.45, 2.75) is 148 Å². The van der Waals surface area contributed by atoms with E-state index in [2.05, 4.69) is 70.1 Å². The van der Waals surface area contributed by atoms with Crippen LogP contribution in [0.25, 0.3) is 0 Å². The highest BCUT2D eigenvalue weighted by Gasteiger charge is 2.36. The van der Waals surface area contributed by atoms with Crippen molar-refractivity contribution in [3.63, 3.8) is 0 Å². The quantitative estimate of drug-likeness (QED) is 0.0151. The highest BCUT2D eigenvalue weighted by Crippen LogP contribution is 2.14. The average Bonchev–Trinajstić information content (AvgIpc) is 3.86. The smallest absolute Gasteiger partial charge is 0.326 e. The van der Waals surface area contributed by atoms with Gasteiger partial charge in [0.2, 0.25) is 47.3 Å². The molecule has 0 unspecified atom stereocenters. The molecule has 27 nitrogen and oxygen atoms in total. The zero-order valence-corrected chi connectivity index (χ0v) is 44.6. The fraction of sp³-hybridized carbons (Fsp3) is 0.583. The number of guanidine groups is 1. The number of thiol groups is 1. The lowest BCUT2D eigenvalue weighted by Crippen LogP contribution is -2.61. The van der Waals surface area contributed by atoms with Crippen LogP contribution in [0.3, 0.4) is 0 Å². The number of hydrogen-bond acceptors (Lipinski definition) is 15. The second-order valence-corrected chi connectivity index (χ2v) is 19.6. The number of rotatable bonds is 33. The summed E-state index contributed by atoms with van der Waals surface area (Å²) in [5.74, 6) is -11.1. The Morgan fingerprint density at radius 2 is 1.14 bits per heavy atom. The number of phenolic OH excluding ortho intramolecular Hbond substituents is 1. The monoisotopic (exact) mass is 1090 g/mol. The number of carboxylic acid groups (broad SMARTS) is 2. The number of benzene rings is 1. The van der Waals surface area contributed by atoms with Gasteiger partial charge in [0.05, 0.1) is 12.4 Å². The van der Waals surface area contributed by atoms with Crippen LogP contribution in [0.5, 0.6) is 5.75 Å². The Hall–Kier alpha value is -7.49. The van der Waals surface area contributed by atoms with E-state index in [1.54, 1.807) is 41.5 Å². The third-order valence-electron chi connectivity index (χ3n) is 11.6. The van der Waals surface area contributed by atoms with Crippen LogP contribution in [0.4, 0.5) is 0 Å². The summed E-state index contributed by atoms with van der Waals surface area (Å²) in [4.78, 5) is 144. The molecule has 2 aromatic rings. The molecule has 1 aromatic carbocycles. The van der Waals surface area contributed by atoms with E-state index in [1.165, 1.54) is 43.7 Å². The highest BCUT2D eigenvalue weighted by atomic mass is 32.1. The second-order valence-electron chi connectivity index (χ2n) is 19.3. The number of carboxylic acids is 2. The third-order valence-corrected chi connectivity index (χ3v) is 12.0. The number of nitrogens with one attached hydrogen (secondary N) is 9. The van der Waals surface area contributed by atoms with E-state index >= 15 is 0 Å². The lowest BCUT2D eigenvalue weighted by Gasteiger charge is -2.28. The van der Waals surface area contributed by atoms with Gasteiger partial charge in [-0.25, -0.2) is 9.78 Å². The topological polar surface area (TPSA) is 447 Å². The summed E-state index contributed by atoms with van der Waals surface area (Å²) < 4.78 is 0. The molecule has 0 aliphatic rings. The van der Waals surface area contributed by atoms with Gasteiger partial charge in [0.25, 0.3) is 0 Å². The number of aromatic hydroxyl groups is 1. The Labute approximate surface area is 446 Å². The first-order chi connectivity index (χ1) is 35.6. The number of aliphatic carboxylic acids is 2. The van der Waals surface area contributed by atoms with E-state index in [0.29, 0.717) is 11.3 Å². The lowest BCUT2D eigenvalue weighted by molar-refractivity contribution is -0.143. The Morgan fingerprint density at radius 1 is 0.632 bits per heavy atom. The number of carbonyl (C=O) groups excluding carboxylic acids is 8. The minimum atomic E-state index is -1.54. The van der Waals surface area contributed by atoms with Crippen LogP contribution in [0, 0.1) is 17.8 Å². The molecular weight excluding hydrogens is 1010 g/mol. The van der Waals surface area contributed by atoms with Crippen molar-refractivity contribution in [1.29, 1.82) is 0 Å². The van der Waals surface area contributed by atoms with Gasteiger partial charge in [0.15, 0.2) is 5.96 Å². The summed E-state index contributed by atoms with van der Waals surface area (Å²) in [5, 5.41) is 49.4. The van der Waals surface area contributed by atoms with Crippen LogP contribution in [-0.2, 0) is 60.8 Å². The van der Waals surface area contributed by atoms with Crippen LogP contribution in [-0.4, -0.2) is 157 Å². The number of H-pyrrole nitrogens is 1. The normalized spacial score (nSPS) is 14.7. The third kappa shape index (κ3) is 23.0. The van der Waals surface area contributed by atoms with Crippen molar-refractivity contribution in [3.8, 4) is 5.75 Å². The molecule has 0 saturated carbocycles. The van der Waals surface area contributed by atoms with Gasteiger partial charge in [-0.05, 0) is 68.1 Å². The van der Waals surface area contributed by atoms with Crippen LogP contribution in [0.15, 0.2) is 41.8 Å². The molecule has 9 atom stereocenters. The minimum Gasteiger partial charge on any atom is -0.508 e. The van der Waals surface area contributed by atoms with Crippen LogP contribution in [0.1, 0.15) is 91.8 Å². The Balaban J connectivity index is 2.49. The predicted molar refractivity (Wildman–Crippen MR) is 281 cm³/mol. The van der Waals surface area contributed by atoms with Gasteiger partial charge >= 0.3 is 11.9 Å². The summed E-state index contributed by atoms with van der Waals surface area (Å²) in [6.45, 7) is 11.5. The number of nitrogens with zero attached hydrogens (tertiary/aromatic N) is 2. The average molecular weight is 1090 g/mol. The number of hydrogen-bond donors (Lipinski definition) is 16. The molecule has 0 saturated heterocycles. The number of aromatic nitrogens is 2. The molecule has 0 fully saturated rings. The first kappa shape index (κ1) is 64.6. The summed E-state index contributed by atoms with van der Waals surface area (Å²) in [7, 11) is 0. The second kappa shape index (κ2) is 32.1. The maximum Gasteiger partial charge on any atom is 0.326 e. The van der Waals surface area contributed by atoms with Gasteiger partial charge in [0.1, 0.15) is 54.1 Å². The van der Waals surface area contributed by atoms with Crippen LogP contribution >= 0.6 is 12.6 Å². The lowest BCUT2D eigenvalue weighted by atomic mass is 9.99. The molecule has 0 spiro atoms. The molecule has 0 bridgehead atoms. The molecule has 28 heteroatoms. The molecule has 1 aromatic heterocycles. The van der Waals surface area contributed by atoms with E-state index in [4.69, 9.17) is 17.2 Å². The fourth-order valence-corrected chi connectivity index (χ4v) is 7.47. The summed E-state index contributed by atoms with van der Waals surface area (Å²) in [6, 6.07) is -6.60. The zero-order chi connectivity index (χ0) is 57.4. The molecule has 2 rings (SSSR count). The molecule has 18 N–H and O–H groups in total. The van der Waals surface area contributed by atoms with Gasteiger partial charge in [-0.2, -0.15) is 12.6 Å². The minimum absolute atomic E-state index is 0.00555. The van der Waals surface area contributed by atoms with Crippen LogP contribution < -0.4 is 59.7 Å². The number of aliphatic imine (C=N–C) groups is 1. The predicted octanol–water partition coefficient (Wildman–Crippen LogP) is -2.58. The summed E-state index contributed by atoms with van der Waals surface area (Å²) in [5.41, 5.74) is 17.8. The van der Waals surface area contributed by atoms with Gasteiger partial charge in [-0.3, -0.25) is 48.1 Å². The molecular formula is C48H76N14O13S. The molecule has 8 amide bonds. The van der Waals surface area contributed by atoms with E-state index in [9.17, 15) is 63.3 Å². The molecule has 0 radical (unpaired) electrons. The maximum atomic E-state index is 14.4. The maximum absolute atomic E-state index is 14.4. The number of imidazole rings is 1. The first-order valence-corrected chi connectivity index (χ1v) is 25.3. The largest absolute Gasteiger partial charge is 0.508 e. The van der Waals surface area contributed by atoms with Crippen molar-refractivity contribution in [1.82, 2.24) is 52.5 Å². The molecule has 76 heavy (non-hydrogen) atoms. The molecule has 0 aliphatic heterocycles. The standard InChI is InChI=1S/C48H76N14O13S/c1-23(2)17-34(47(74)75)60-46(73)38(25(5)6)62-43(70)33(19-28-20-52-22-54-28)59-41(68)30(9-8-16-53-48(50)51)56-42(69)32(18-27-10-12-29(63)13-11-27)58-39(66)26(7)55-40(67)31(14-15-36(64)65)57-44(71)35(21-76)61-45(72)37(49)24(3)4/h10-13,20,22-26,30-35,37-38,63,76H,8-9,14-19,21,49H2,1-7H3,(H,52,54)(H,55,67)(H,56,69)(H,57,71)(H,58,66)(H,59,68)(H,60,73)(H,61,72)(H,62,70)(H,64,65)(H,74,75)(H4,50,51,53)/t26-,30-,31-,32-,33-,34-,35-,37-,38-/m0/s1. The first-order valence-electron chi connectivity index (χ1n) is 24.7. The number of phenols is 1. The van der Waals surface area contributed by atoms with Gasteiger partial charge < -0.3 is 80.0 Å². The van der Waals surface area contributed by atoms with Crippen molar-refractivity contribution in [2.75, 3.05) is 12.3 Å². The van der Waals surface area contributed by atoms with Crippen molar-refractivity contribution < 1.29 is 63.3 Å². The zero-order valence-electron chi connectivity index (χ0n) is 43.8. The summed E-state index contributed by atoms with van der Waals surface area (Å²) >= 11 is 4.13. The Kier molecular flexibility index (Phi) is 27.3. The Bertz CT molecular complexity index is 2310. The van der Waals surface area contributed by atoms with E-state index in [0.717, 1.165) is 0 Å². The van der Waals surface area contributed by atoms with Crippen LogP contribution in [0.2, 0.25) is 0 Å². The summed E-state index contributed by atoms with van der Waals surface area (Å²) in [6.07, 6.45) is 1.30. The molecule has 1 heterocycles. The van der Waals surface area contributed by atoms with Crippen molar-refractivity contribution in [2.24, 2.45) is 39.9 Å². The van der Waals surface area contributed by atoms with E-state index in [1.807, 2.05) is 0 Å².